The number of fused-ring (bicyclic) bond motifs is 1. The summed E-state index contributed by atoms with van der Waals surface area (Å²) in [5.41, 5.74) is 4.14. The summed E-state index contributed by atoms with van der Waals surface area (Å²) >= 11 is 0. The zero-order chi connectivity index (χ0) is 33.7. The van der Waals surface area contributed by atoms with Gasteiger partial charge in [-0.25, -0.2) is 4.52 Å². The van der Waals surface area contributed by atoms with Gasteiger partial charge in [0, 0.05) is 59.6 Å². The fraction of sp³-hybridized carbons (Fsp3) is 0.583. The molecular formula is C36H47N9O2. The molecule has 6 rings (SSSR count). The summed E-state index contributed by atoms with van der Waals surface area (Å²) in [5, 5.41) is 32.3. The smallest absolute Gasteiger partial charge is 0.264 e. The van der Waals surface area contributed by atoms with Gasteiger partial charge in [0.2, 0.25) is 0 Å². The maximum absolute atomic E-state index is 13.7. The van der Waals surface area contributed by atoms with Crippen molar-refractivity contribution in [2.24, 2.45) is 10.8 Å². The van der Waals surface area contributed by atoms with E-state index >= 15 is 0 Å². The number of pyridine rings is 1. The van der Waals surface area contributed by atoms with Crippen LogP contribution in [0.25, 0.3) is 16.6 Å². The SMILES string of the molecule is COc1cc(-c2cnn(C3CCN(C(=O)C(C#N)=CC(C)(C)N4CC5(CCNCC5)C4C(C)(C)C)CC3)c2C)cn2ncc(C#N)c12. The lowest BCUT2D eigenvalue weighted by Gasteiger charge is -2.67. The van der Waals surface area contributed by atoms with Crippen molar-refractivity contribution in [2.75, 3.05) is 39.8 Å². The van der Waals surface area contributed by atoms with E-state index in [1.165, 1.54) is 12.8 Å². The Balaban J connectivity index is 1.15. The molecule has 0 bridgehead atoms. The molecule has 6 heterocycles. The van der Waals surface area contributed by atoms with Crippen molar-refractivity contribution in [3.8, 4) is 29.0 Å². The van der Waals surface area contributed by atoms with Crippen molar-refractivity contribution in [1.82, 2.24) is 34.5 Å². The zero-order valence-electron chi connectivity index (χ0n) is 28.8. The number of hydrogen-bond acceptors (Lipinski definition) is 8. The molecular weight excluding hydrogens is 590 g/mol. The van der Waals surface area contributed by atoms with Gasteiger partial charge in [0.15, 0.2) is 0 Å². The van der Waals surface area contributed by atoms with Gasteiger partial charge in [0.1, 0.15) is 34.5 Å². The number of carbonyl (C=O) groups is 1. The first-order chi connectivity index (χ1) is 22.3. The number of aromatic nitrogens is 4. The Morgan fingerprint density at radius 3 is 2.43 bits per heavy atom. The average molecular weight is 638 g/mol. The standard InChI is InChI=1S/C36H47N9O2/c1-24-29(25-16-30(47-7)31-27(19-38)20-40-44(31)22-25)21-41-45(24)28-8-14-42(15-9-28)32(46)26(18-37)17-35(5,6)43-23-36(10-12-39-13-11-36)33(43)34(2,3)4/h16-17,20-22,28,33,39H,8-15,23H2,1-7H3. The lowest BCUT2D eigenvalue weighted by Crippen LogP contribution is -2.75. The van der Waals surface area contributed by atoms with Crippen LogP contribution in [0, 0.1) is 40.4 Å². The van der Waals surface area contributed by atoms with Gasteiger partial charge < -0.3 is 15.0 Å². The molecule has 3 fully saturated rings. The first-order valence-electron chi connectivity index (χ1n) is 16.7. The van der Waals surface area contributed by atoms with Gasteiger partial charge in [-0.3, -0.25) is 14.4 Å². The summed E-state index contributed by atoms with van der Waals surface area (Å²) in [6, 6.07) is 6.87. The summed E-state index contributed by atoms with van der Waals surface area (Å²) in [5.74, 6) is 0.395. The number of ether oxygens (including phenoxy) is 1. The number of amides is 1. The lowest BCUT2D eigenvalue weighted by molar-refractivity contribution is -0.172. The summed E-state index contributed by atoms with van der Waals surface area (Å²) in [6.45, 7) is 17.5. The monoisotopic (exact) mass is 637 g/mol. The molecule has 3 aliphatic heterocycles. The summed E-state index contributed by atoms with van der Waals surface area (Å²) in [4.78, 5) is 18.1. The molecule has 3 saturated heterocycles. The first kappa shape index (κ1) is 32.7. The van der Waals surface area contributed by atoms with Crippen molar-refractivity contribution < 1.29 is 9.53 Å². The minimum Gasteiger partial charge on any atom is -0.494 e. The number of nitrogens with one attached hydrogen (secondary N) is 1. The van der Waals surface area contributed by atoms with Crippen LogP contribution in [0.15, 0.2) is 36.3 Å². The third-order valence-corrected chi connectivity index (χ3v) is 10.8. The van der Waals surface area contributed by atoms with Crippen LogP contribution in [0.5, 0.6) is 5.75 Å². The van der Waals surface area contributed by atoms with Gasteiger partial charge in [-0.15, -0.1) is 0 Å². The van der Waals surface area contributed by atoms with Crippen LogP contribution in [0.2, 0.25) is 0 Å². The third-order valence-electron chi connectivity index (χ3n) is 10.8. The highest BCUT2D eigenvalue weighted by Crippen LogP contribution is 2.54. The van der Waals surface area contributed by atoms with Crippen LogP contribution in [0.1, 0.15) is 77.6 Å². The third kappa shape index (κ3) is 5.70. The van der Waals surface area contributed by atoms with Gasteiger partial charge in [0.25, 0.3) is 5.91 Å². The van der Waals surface area contributed by atoms with E-state index in [9.17, 15) is 15.3 Å². The van der Waals surface area contributed by atoms with Crippen molar-refractivity contribution in [3.63, 3.8) is 0 Å². The molecule has 47 heavy (non-hydrogen) atoms. The summed E-state index contributed by atoms with van der Waals surface area (Å²) in [6.07, 6.45) is 11.0. The maximum Gasteiger partial charge on any atom is 0.264 e. The van der Waals surface area contributed by atoms with E-state index in [-0.39, 0.29) is 28.4 Å². The minimum atomic E-state index is -0.423. The topological polar surface area (TPSA) is 128 Å². The number of likely N-dealkylation sites (tertiary alicyclic amines) is 2. The van der Waals surface area contributed by atoms with Crippen LogP contribution in [0.3, 0.4) is 0 Å². The predicted molar refractivity (Wildman–Crippen MR) is 180 cm³/mol. The second-order valence-electron chi connectivity index (χ2n) is 15.2. The molecule has 1 N–H and O–H groups in total. The van der Waals surface area contributed by atoms with E-state index in [1.807, 2.05) is 36.4 Å². The van der Waals surface area contributed by atoms with Crippen LogP contribution < -0.4 is 10.1 Å². The molecule has 3 aromatic rings. The number of methoxy groups -OCH3 is 1. The van der Waals surface area contributed by atoms with Crippen LogP contribution in [0.4, 0.5) is 0 Å². The molecule has 1 amide bonds. The van der Waals surface area contributed by atoms with E-state index in [0.29, 0.717) is 36.0 Å². The average Bonchev–Trinajstić information content (AvgIpc) is 3.64. The Bertz CT molecular complexity index is 1780. The van der Waals surface area contributed by atoms with Gasteiger partial charge in [-0.1, -0.05) is 20.8 Å². The van der Waals surface area contributed by atoms with Crippen molar-refractivity contribution in [3.05, 3.63) is 47.6 Å². The van der Waals surface area contributed by atoms with Crippen molar-refractivity contribution >= 4 is 11.4 Å². The van der Waals surface area contributed by atoms with Gasteiger partial charge in [0.05, 0.1) is 25.5 Å². The summed E-state index contributed by atoms with van der Waals surface area (Å²) in [7, 11) is 1.59. The summed E-state index contributed by atoms with van der Waals surface area (Å²) < 4.78 is 9.33. The van der Waals surface area contributed by atoms with E-state index in [2.05, 4.69) is 66.8 Å². The second-order valence-corrected chi connectivity index (χ2v) is 15.2. The number of carbonyl (C=O) groups excluding carboxylic acids is 1. The molecule has 11 heteroatoms. The molecule has 1 atom stereocenters. The number of nitrogens with zero attached hydrogens (tertiary/aromatic N) is 8. The molecule has 248 valence electrons. The van der Waals surface area contributed by atoms with E-state index in [4.69, 9.17) is 9.84 Å². The molecule has 0 saturated carbocycles. The van der Waals surface area contributed by atoms with Gasteiger partial charge >= 0.3 is 0 Å². The second kappa shape index (κ2) is 12.1. The normalized spacial score (nSPS) is 21.0. The van der Waals surface area contributed by atoms with E-state index in [0.717, 1.165) is 49.3 Å². The first-order valence-corrected chi connectivity index (χ1v) is 16.7. The van der Waals surface area contributed by atoms with Crippen LogP contribution in [-0.4, -0.2) is 86.5 Å². The molecule has 0 aromatic carbocycles. The van der Waals surface area contributed by atoms with Gasteiger partial charge in [-0.2, -0.15) is 20.7 Å². The molecule has 3 aliphatic rings. The Morgan fingerprint density at radius 1 is 1.11 bits per heavy atom. The van der Waals surface area contributed by atoms with Crippen LogP contribution in [-0.2, 0) is 4.79 Å². The quantitative estimate of drug-likeness (QED) is 0.299. The van der Waals surface area contributed by atoms with Crippen molar-refractivity contribution in [1.29, 1.82) is 10.5 Å². The number of piperidine rings is 2. The predicted octanol–water partition coefficient (Wildman–Crippen LogP) is 4.88. The highest BCUT2D eigenvalue weighted by molar-refractivity contribution is 5.97. The lowest BCUT2D eigenvalue weighted by atomic mass is 9.56. The van der Waals surface area contributed by atoms with E-state index < -0.39 is 5.54 Å². The number of rotatable bonds is 6. The van der Waals surface area contributed by atoms with Crippen molar-refractivity contribution in [2.45, 2.75) is 84.8 Å². The maximum atomic E-state index is 13.7. The highest BCUT2D eigenvalue weighted by Gasteiger charge is 2.59. The largest absolute Gasteiger partial charge is 0.494 e. The molecule has 11 nitrogen and oxygen atoms in total. The molecule has 1 spiro atoms. The molecule has 0 radical (unpaired) electrons. The Kier molecular flexibility index (Phi) is 8.44. The molecule has 0 aliphatic carbocycles. The molecule has 3 aromatic heterocycles. The fourth-order valence-electron chi connectivity index (χ4n) is 8.62. The fourth-order valence-corrected chi connectivity index (χ4v) is 8.62. The number of hydrogen-bond donors (Lipinski definition) is 1. The number of nitriles is 2. The van der Waals surface area contributed by atoms with Crippen LogP contribution >= 0.6 is 0 Å². The zero-order valence-corrected chi connectivity index (χ0v) is 28.8. The van der Waals surface area contributed by atoms with Gasteiger partial charge in [-0.05, 0) is 77.1 Å². The minimum absolute atomic E-state index is 0.0861. The van der Waals surface area contributed by atoms with E-state index in [1.54, 1.807) is 17.8 Å². The Labute approximate surface area is 277 Å². The Hall–Kier alpha value is -4.19. The molecule has 1 unspecified atom stereocenters. The Morgan fingerprint density at radius 2 is 1.81 bits per heavy atom. The highest BCUT2D eigenvalue weighted by atomic mass is 16.5.